The van der Waals surface area contributed by atoms with Crippen LogP contribution in [0.3, 0.4) is 0 Å². The lowest BCUT2D eigenvalue weighted by Gasteiger charge is -2.11. The average molecular weight is 412 g/mol. The highest BCUT2D eigenvalue weighted by Crippen LogP contribution is 2.33. The number of hydrogen-bond acceptors (Lipinski definition) is 0. The Balaban J connectivity index is 1.76. The Morgan fingerprint density at radius 1 is 0.633 bits per heavy atom. The zero-order chi connectivity index (χ0) is 21.4. The van der Waals surface area contributed by atoms with Crippen molar-refractivity contribution in [3.05, 3.63) is 95.3 Å². The molecule has 0 bridgehead atoms. The fourth-order valence-electron chi connectivity index (χ4n) is 3.67. The number of rotatable bonds is 4. The first-order valence-electron chi connectivity index (χ1n) is 9.55. The van der Waals surface area contributed by atoms with Gasteiger partial charge >= 0.3 is 0 Å². The van der Waals surface area contributed by atoms with Gasteiger partial charge in [0.2, 0.25) is 0 Å². The van der Waals surface area contributed by atoms with Crippen molar-refractivity contribution in [2.75, 3.05) is 0 Å². The lowest BCUT2D eigenvalue weighted by molar-refractivity contribution is 0.517. The molecule has 0 saturated heterocycles. The first-order chi connectivity index (χ1) is 14.4. The Kier molecular flexibility index (Phi) is 5.29. The first-order valence-corrected chi connectivity index (χ1v) is 9.55. The van der Waals surface area contributed by atoms with Gasteiger partial charge in [0.25, 0.3) is 0 Å². The maximum Gasteiger partial charge on any atom is 0.166 e. The Morgan fingerprint density at radius 3 is 2.00 bits per heavy atom. The number of fused-ring (bicyclic) bond motifs is 1. The maximum absolute atomic E-state index is 14.8. The lowest BCUT2D eigenvalue weighted by atomic mass is 9.96. The van der Waals surface area contributed by atoms with Crippen LogP contribution in [0.1, 0.15) is 18.9 Å². The van der Waals surface area contributed by atoms with Crippen LogP contribution in [-0.2, 0) is 6.42 Å². The van der Waals surface area contributed by atoms with Crippen molar-refractivity contribution in [3.63, 3.8) is 0 Å². The van der Waals surface area contributed by atoms with Crippen LogP contribution >= 0.6 is 0 Å². The van der Waals surface area contributed by atoms with E-state index in [1.54, 1.807) is 0 Å². The Bertz CT molecular complexity index is 1240. The van der Waals surface area contributed by atoms with E-state index in [4.69, 9.17) is 0 Å². The van der Waals surface area contributed by atoms with Crippen LogP contribution in [0.5, 0.6) is 0 Å². The molecule has 152 valence electrons. The van der Waals surface area contributed by atoms with Gasteiger partial charge in [-0.15, -0.1) is 0 Å². The predicted molar refractivity (Wildman–Crippen MR) is 109 cm³/mol. The summed E-state index contributed by atoms with van der Waals surface area (Å²) in [5.41, 5.74) is 0.985. The molecule has 30 heavy (non-hydrogen) atoms. The molecule has 4 aromatic rings. The second kappa shape index (κ2) is 7.90. The molecule has 4 rings (SSSR count). The maximum atomic E-state index is 14.8. The van der Waals surface area contributed by atoms with E-state index >= 15 is 0 Å². The fourth-order valence-corrected chi connectivity index (χ4v) is 3.67. The molecular weight excluding hydrogens is 395 g/mol. The molecule has 0 spiro atoms. The predicted octanol–water partition coefficient (Wildman–Crippen LogP) is 7.82. The minimum Gasteiger partial charge on any atom is -0.206 e. The van der Waals surface area contributed by atoms with Crippen LogP contribution in [-0.4, -0.2) is 0 Å². The molecule has 0 radical (unpaired) electrons. The molecule has 0 unspecified atom stereocenters. The van der Waals surface area contributed by atoms with E-state index in [0.717, 1.165) is 18.6 Å². The molecule has 0 aliphatic rings. The normalized spacial score (nSPS) is 11.3. The SMILES string of the molecule is CCCc1cc(F)c(-c2ccc(-c3ccc4c(F)c(F)ccc4c3)c(F)c2)c(F)c1. The van der Waals surface area contributed by atoms with E-state index < -0.39 is 29.1 Å². The molecule has 5 heteroatoms. The monoisotopic (exact) mass is 412 g/mol. The summed E-state index contributed by atoms with van der Waals surface area (Å²) in [4.78, 5) is 0. The van der Waals surface area contributed by atoms with Crippen LogP contribution in [0.2, 0.25) is 0 Å². The summed E-state index contributed by atoms with van der Waals surface area (Å²) in [5, 5.41) is 0.505. The highest BCUT2D eigenvalue weighted by molar-refractivity contribution is 5.88. The molecule has 0 atom stereocenters. The van der Waals surface area contributed by atoms with Gasteiger partial charge in [-0.1, -0.05) is 43.7 Å². The minimum absolute atomic E-state index is 0.0863. The average Bonchev–Trinajstić information content (AvgIpc) is 2.70. The van der Waals surface area contributed by atoms with Crippen LogP contribution in [0.25, 0.3) is 33.0 Å². The van der Waals surface area contributed by atoms with Crippen molar-refractivity contribution >= 4 is 10.8 Å². The Hall–Kier alpha value is -3.21. The summed E-state index contributed by atoms with van der Waals surface area (Å²) >= 11 is 0. The molecule has 0 nitrogen and oxygen atoms in total. The van der Waals surface area contributed by atoms with Crippen molar-refractivity contribution in [1.82, 2.24) is 0 Å². The number of hydrogen-bond donors (Lipinski definition) is 0. The van der Waals surface area contributed by atoms with Gasteiger partial charge in [0.15, 0.2) is 11.6 Å². The summed E-state index contributed by atoms with van der Waals surface area (Å²) in [7, 11) is 0. The topological polar surface area (TPSA) is 0 Å². The van der Waals surface area contributed by atoms with E-state index in [-0.39, 0.29) is 22.1 Å². The van der Waals surface area contributed by atoms with Crippen molar-refractivity contribution in [2.45, 2.75) is 19.8 Å². The molecule has 0 N–H and O–H groups in total. The van der Waals surface area contributed by atoms with E-state index in [9.17, 15) is 22.0 Å². The highest BCUT2D eigenvalue weighted by Gasteiger charge is 2.16. The highest BCUT2D eigenvalue weighted by atomic mass is 19.2. The van der Waals surface area contributed by atoms with Crippen LogP contribution in [0.15, 0.2) is 60.7 Å². The van der Waals surface area contributed by atoms with Gasteiger partial charge < -0.3 is 0 Å². The van der Waals surface area contributed by atoms with Crippen molar-refractivity contribution in [3.8, 4) is 22.3 Å². The molecule has 0 fully saturated rings. The van der Waals surface area contributed by atoms with E-state index in [2.05, 4.69) is 0 Å². The molecule has 0 amide bonds. The smallest absolute Gasteiger partial charge is 0.166 e. The Morgan fingerprint density at radius 2 is 1.33 bits per heavy atom. The Labute approximate surface area is 170 Å². The largest absolute Gasteiger partial charge is 0.206 e. The molecule has 4 aromatic carbocycles. The molecule has 0 heterocycles. The number of halogens is 5. The van der Waals surface area contributed by atoms with Gasteiger partial charge in [-0.25, -0.2) is 22.0 Å². The van der Waals surface area contributed by atoms with Gasteiger partial charge in [0.05, 0.1) is 5.56 Å². The van der Waals surface area contributed by atoms with Crippen LogP contribution in [0, 0.1) is 29.1 Å². The van der Waals surface area contributed by atoms with Crippen LogP contribution in [0.4, 0.5) is 22.0 Å². The zero-order valence-corrected chi connectivity index (χ0v) is 16.1. The summed E-state index contributed by atoms with van der Waals surface area (Å²) in [6, 6.07) is 13.3. The fraction of sp³-hybridized carbons (Fsp3) is 0.120. The number of aryl methyl sites for hydroxylation is 1. The summed E-state index contributed by atoms with van der Waals surface area (Å²) in [6.07, 6.45) is 1.30. The van der Waals surface area contributed by atoms with Crippen molar-refractivity contribution < 1.29 is 22.0 Å². The molecule has 0 aliphatic heterocycles. The molecule has 0 aliphatic carbocycles. The third kappa shape index (κ3) is 3.56. The van der Waals surface area contributed by atoms with E-state index in [0.29, 0.717) is 22.9 Å². The first kappa shape index (κ1) is 20.1. The third-order valence-electron chi connectivity index (χ3n) is 5.12. The summed E-state index contributed by atoms with van der Waals surface area (Å²) in [6.45, 7) is 1.91. The van der Waals surface area contributed by atoms with Crippen molar-refractivity contribution in [2.24, 2.45) is 0 Å². The number of benzene rings is 4. The molecular formula is C25H17F5. The van der Waals surface area contributed by atoms with Gasteiger partial charge in [-0.2, -0.15) is 0 Å². The minimum atomic E-state index is -0.965. The lowest BCUT2D eigenvalue weighted by Crippen LogP contribution is -1.96. The third-order valence-corrected chi connectivity index (χ3v) is 5.12. The van der Waals surface area contributed by atoms with E-state index in [1.807, 2.05) is 6.92 Å². The second-order valence-electron chi connectivity index (χ2n) is 7.18. The zero-order valence-electron chi connectivity index (χ0n) is 16.1. The van der Waals surface area contributed by atoms with Gasteiger partial charge in [0.1, 0.15) is 17.5 Å². The van der Waals surface area contributed by atoms with Gasteiger partial charge in [0, 0.05) is 10.9 Å². The van der Waals surface area contributed by atoms with Gasteiger partial charge in [-0.3, -0.25) is 0 Å². The van der Waals surface area contributed by atoms with Gasteiger partial charge in [-0.05, 0) is 58.8 Å². The van der Waals surface area contributed by atoms with E-state index in [1.165, 1.54) is 48.5 Å². The summed E-state index contributed by atoms with van der Waals surface area (Å²) < 4.78 is 71.1. The van der Waals surface area contributed by atoms with Crippen LogP contribution < -0.4 is 0 Å². The van der Waals surface area contributed by atoms with Crippen molar-refractivity contribution in [1.29, 1.82) is 0 Å². The molecule has 0 aromatic heterocycles. The second-order valence-corrected chi connectivity index (χ2v) is 7.18. The standard InChI is InChI=1S/C25H17F5/c1-2-3-14-10-22(28)24(23(29)11-14)17-5-7-18(21(27)13-17)15-4-8-19-16(12-15)6-9-20(26)25(19)30/h4-13H,2-3H2,1H3. The summed E-state index contributed by atoms with van der Waals surface area (Å²) in [5.74, 6) is -4.08. The molecule has 0 saturated carbocycles. The quantitative estimate of drug-likeness (QED) is 0.300.